The van der Waals surface area contributed by atoms with Crippen molar-refractivity contribution in [3.05, 3.63) is 71.1 Å². The maximum absolute atomic E-state index is 13.4. The Kier molecular flexibility index (Phi) is 10.0. The Balaban J connectivity index is 2.21. The van der Waals surface area contributed by atoms with Crippen LogP contribution in [-0.4, -0.2) is 41.5 Å². The predicted octanol–water partition coefficient (Wildman–Crippen LogP) is 3.23. The molecule has 12 heteroatoms. The van der Waals surface area contributed by atoms with Crippen LogP contribution in [0.3, 0.4) is 0 Å². The van der Waals surface area contributed by atoms with Crippen molar-refractivity contribution >= 4 is 23.7 Å². The summed E-state index contributed by atoms with van der Waals surface area (Å²) in [5, 5.41) is 19.3. The molecule has 2 aromatic rings. The van der Waals surface area contributed by atoms with Crippen LogP contribution in [0, 0.1) is 11.3 Å². The fourth-order valence-electron chi connectivity index (χ4n) is 3.54. The fourth-order valence-corrected chi connectivity index (χ4v) is 3.54. The van der Waals surface area contributed by atoms with Gasteiger partial charge < -0.3 is 10.8 Å². The molecule has 0 aliphatic rings. The van der Waals surface area contributed by atoms with Crippen molar-refractivity contribution in [2.24, 2.45) is 11.6 Å². The molecule has 204 valence electrons. The van der Waals surface area contributed by atoms with E-state index in [2.05, 4.69) is 0 Å². The van der Waals surface area contributed by atoms with E-state index in [1.165, 1.54) is 11.1 Å². The molecule has 0 aliphatic heterocycles. The number of imide groups is 1. The van der Waals surface area contributed by atoms with Gasteiger partial charge in [-0.15, -0.1) is 0 Å². The zero-order valence-electron chi connectivity index (χ0n) is 21.4. The van der Waals surface area contributed by atoms with Gasteiger partial charge in [0.25, 0.3) is 5.91 Å². The molecule has 38 heavy (non-hydrogen) atoms. The van der Waals surface area contributed by atoms with Crippen molar-refractivity contribution in [2.45, 2.75) is 44.9 Å². The summed E-state index contributed by atoms with van der Waals surface area (Å²) < 4.78 is 40.2. The molecule has 0 heterocycles. The lowest BCUT2D eigenvalue weighted by atomic mass is 9.99. The van der Waals surface area contributed by atoms with Gasteiger partial charge in [0.05, 0.1) is 34.1 Å². The number of nitrogens with two attached hydrogens (primary N) is 2. The summed E-state index contributed by atoms with van der Waals surface area (Å²) in [5.41, 5.74) is 4.40. The Labute approximate surface area is 219 Å². The number of rotatable bonds is 11. The summed E-state index contributed by atoms with van der Waals surface area (Å²) >= 11 is 0. The van der Waals surface area contributed by atoms with Crippen molar-refractivity contribution < 1.29 is 27.9 Å². The highest BCUT2D eigenvalue weighted by atomic mass is 19.4. The molecule has 9 nitrogen and oxygen atoms in total. The quantitative estimate of drug-likeness (QED) is 0.228. The van der Waals surface area contributed by atoms with Crippen molar-refractivity contribution in [3.63, 3.8) is 0 Å². The molecule has 2 rings (SSSR count). The molecule has 0 aliphatic carbocycles. The van der Waals surface area contributed by atoms with E-state index in [4.69, 9.17) is 21.9 Å². The van der Waals surface area contributed by atoms with Crippen LogP contribution in [0.1, 0.15) is 43.4 Å². The maximum atomic E-state index is 13.4. The average molecular weight is 533 g/mol. The number of benzene rings is 2. The summed E-state index contributed by atoms with van der Waals surface area (Å²) in [6.07, 6.45) is -2.11. The van der Waals surface area contributed by atoms with Crippen molar-refractivity contribution in [1.82, 2.24) is 4.90 Å². The van der Waals surface area contributed by atoms with Gasteiger partial charge in [0, 0.05) is 25.0 Å². The zero-order chi connectivity index (χ0) is 28.7. The first-order valence-electron chi connectivity index (χ1n) is 11.6. The van der Waals surface area contributed by atoms with E-state index in [9.17, 15) is 22.8 Å². The number of hydrogen-bond acceptors (Lipinski definition) is 8. The van der Waals surface area contributed by atoms with Crippen LogP contribution in [0.25, 0.3) is 0 Å². The molecule has 2 aromatic carbocycles. The van der Waals surface area contributed by atoms with E-state index in [1.54, 1.807) is 56.3 Å². The summed E-state index contributed by atoms with van der Waals surface area (Å²) in [5.74, 6) is 5.27. The zero-order valence-corrected chi connectivity index (χ0v) is 21.4. The van der Waals surface area contributed by atoms with Crippen molar-refractivity contribution in [1.29, 1.82) is 5.26 Å². The standard InChI is InChI=1S/C26H31F3N6O3/c1-25(2,24(38)34(17-37)22-11-8-19(14-30)23(13-22)26(27,28)29)33(3)15-18-6-9-21(10-7-18)35(32)16-20(31)5-4-12-36/h6-11,13,16-17,36H,4-5,12,15,31-32H2,1-3H3/b20-16-. The normalized spacial score (nSPS) is 12.3. The van der Waals surface area contributed by atoms with Crippen molar-refractivity contribution in [2.75, 3.05) is 23.6 Å². The number of carbonyl (C=O) groups excluding carboxylic acids is 2. The highest BCUT2D eigenvalue weighted by Gasteiger charge is 2.39. The highest BCUT2D eigenvalue weighted by molar-refractivity contribution is 6.11. The van der Waals surface area contributed by atoms with Gasteiger partial charge in [0.1, 0.15) is 0 Å². The first-order valence-corrected chi connectivity index (χ1v) is 11.6. The molecule has 0 fully saturated rings. The van der Waals surface area contributed by atoms with E-state index in [-0.39, 0.29) is 25.2 Å². The topological polar surface area (TPSA) is 140 Å². The third kappa shape index (κ3) is 7.32. The summed E-state index contributed by atoms with van der Waals surface area (Å²) in [4.78, 5) is 27.4. The smallest absolute Gasteiger partial charge is 0.401 e. The van der Waals surface area contributed by atoms with E-state index in [0.29, 0.717) is 35.2 Å². The average Bonchev–Trinajstić information content (AvgIpc) is 2.87. The van der Waals surface area contributed by atoms with Crippen LogP contribution < -0.4 is 21.5 Å². The van der Waals surface area contributed by atoms with Gasteiger partial charge >= 0.3 is 6.18 Å². The number of carbonyl (C=O) groups is 2. The van der Waals surface area contributed by atoms with E-state index in [1.807, 2.05) is 0 Å². The summed E-state index contributed by atoms with van der Waals surface area (Å²) in [6.45, 7) is 3.39. The number of hydrazine groups is 1. The Hall–Kier alpha value is -3.92. The van der Waals surface area contributed by atoms with Gasteiger partial charge in [0.2, 0.25) is 6.41 Å². The number of likely N-dealkylation sites (N-methyl/N-ethyl adjacent to an activating group) is 1. The summed E-state index contributed by atoms with van der Waals surface area (Å²) in [6, 6.07) is 11.2. The summed E-state index contributed by atoms with van der Waals surface area (Å²) in [7, 11) is 1.65. The second kappa shape index (κ2) is 12.6. The number of amides is 2. The molecular formula is C26H31F3N6O3. The van der Waals surface area contributed by atoms with E-state index in [0.717, 1.165) is 17.7 Å². The van der Waals surface area contributed by atoms with Gasteiger partial charge in [-0.1, -0.05) is 12.1 Å². The lowest BCUT2D eigenvalue weighted by Crippen LogP contribution is -2.54. The van der Waals surface area contributed by atoms with E-state index < -0.39 is 28.7 Å². The number of nitrogens with zero attached hydrogens (tertiary/aromatic N) is 4. The van der Waals surface area contributed by atoms with Gasteiger partial charge in [-0.2, -0.15) is 18.4 Å². The lowest BCUT2D eigenvalue weighted by molar-refractivity contribution is -0.138. The molecule has 0 radical (unpaired) electrons. The lowest BCUT2D eigenvalue weighted by Gasteiger charge is -2.36. The monoisotopic (exact) mass is 532 g/mol. The number of halogens is 3. The number of aliphatic hydroxyl groups is 1. The molecule has 2 amide bonds. The van der Waals surface area contributed by atoms with Crippen LogP contribution in [0.5, 0.6) is 0 Å². The van der Waals surface area contributed by atoms with Crippen molar-refractivity contribution in [3.8, 4) is 6.07 Å². The molecule has 0 atom stereocenters. The van der Waals surface area contributed by atoms with Crippen LogP contribution in [0.15, 0.2) is 54.4 Å². The maximum Gasteiger partial charge on any atom is 0.417 e. The fraction of sp³-hybridized carbons (Fsp3) is 0.346. The van der Waals surface area contributed by atoms with E-state index >= 15 is 0 Å². The van der Waals surface area contributed by atoms with Crippen LogP contribution in [0.2, 0.25) is 0 Å². The van der Waals surface area contributed by atoms with Gasteiger partial charge in [-0.25, -0.2) is 5.84 Å². The molecule has 0 saturated heterocycles. The molecular weight excluding hydrogens is 501 g/mol. The molecule has 5 N–H and O–H groups in total. The van der Waals surface area contributed by atoms with Gasteiger partial charge in [0.15, 0.2) is 0 Å². The number of aliphatic hydroxyl groups excluding tert-OH is 1. The third-order valence-corrected chi connectivity index (χ3v) is 6.09. The van der Waals surface area contributed by atoms with Crippen LogP contribution in [-0.2, 0) is 22.3 Å². The first-order chi connectivity index (χ1) is 17.8. The SMILES string of the molecule is CN(Cc1ccc(N(N)/C=C(\N)CCCO)cc1)C(C)(C)C(=O)N(C=O)c1ccc(C#N)c(C(F)(F)F)c1. The number of alkyl halides is 3. The third-order valence-electron chi connectivity index (χ3n) is 6.09. The number of hydrogen-bond donors (Lipinski definition) is 3. The molecule has 0 bridgehead atoms. The minimum atomic E-state index is -4.84. The Morgan fingerprint density at radius 3 is 2.26 bits per heavy atom. The number of allylic oxidation sites excluding steroid dienone is 1. The van der Waals surface area contributed by atoms with Crippen LogP contribution >= 0.6 is 0 Å². The Bertz CT molecular complexity index is 1210. The number of anilines is 2. The second-order valence-electron chi connectivity index (χ2n) is 9.14. The minimum absolute atomic E-state index is 0.0207. The molecule has 0 saturated carbocycles. The highest BCUT2D eigenvalue weighted by Crippen LogP contribution is 2.35. The largest absolute Gasteiger partial charge is 0.417 e. The van der Waals surface area contributed by atoms with Gasteiger partial charge in [-0.05, 0) is 69.6 Å². The number of nitriles is 1. The second-order valence-corrected chi connectivity index (χ2v) is 9.14. The Morgan fingerprint density at radius 2 is 1.74 bits per heavy atom. The molecule has 0 unspecified atom stereocenters. The first kappa shape index (κ1) is 30.3. The molecule has 0 spiro atoms. The van der Waals surface area contributed by atoms with Gasteiger partial charge in [-0.3, -0.25) is 24.4 Å². The van der Waals surface area contributed by atoms with Crippen LogP contribution in [0.4, 0.5) is 24.5 Å². The molecule has 0 aromatic heterocycles. The predicted molar refractivity (Wildman–Crippen MR) is 137 cm³/mol. The Morgan fingerprint density at radius 1 is 1.13 bits per heavy atom. The minimum Gasteiger partial charge on any atom is -0.401 e.